The van der Waals surface area contributed by atoms with Crippen LogP contribution in [0.5, 0.6) is 0 Å². The van der Waals surface area contributed by atoms with Crippen molar-refractivity contribution in [2.45, 2.75) is 18.9 Å². The standard InChI is InChI=1S/C12H10N2.C5H10N2O3/c1-3-7-11(8-4-1)13-14-12-9-5-2-6-10-12;6-3(5(9)10)1-2-4(7)8/h1-10H;3H,1-2,6H2,(H2,7,8)(H,9,10). The molecule has 0 aromatic heterocycles. The van der Waals surface area contributed by atoms with E-state index < -0.39 is 17.9 Å². The molecule has 5 N–H and O–H groups in total. The van der Waals surface area contributed by atoms with Gasteiger partial charge in [0.15, 0.2) is 0 Å². The Hall–Kier alpha value is -3.06. The van der Waals surface area contributed by atoms with Crippen LogP contribution in [0.15, 0.2) is 70.9 Å². The lowest BCUT2D eigenvalue weighted by molar-refractivity contribution is -0.138. The molecular weight excluding hydrogens is 308 g/mol. The van der Waals surface area contributed by atoms with Crippen LogP contribution in [0, 0.1) is 0 Å². The van der Waals surface area contributed by atoms with Crippen molar-refractivity contribution < 1.29 is 14.7 Å². The van der Waals surface area contributed by atoms with Crippen LogP contribution in [0.1, 0.15) is 12.8 Å². The molecule has 1 atom stereocenters. The average Bonchev–Trinajstić information content (AvgIpc) is 2.60. The molecule has 0 radical (unpaired) electrons. The van der Waals surface area contributed by atoms with E-state index in [0.717, 1.165) is 11.4 Å². The molecule has 1 unspecified atom stereocenters. The summed E-state index contributed by atoms with van der Waals surface area (Å²) in [6.07, 6.45) is 0.123. The zero-order chi connectivity index (χ0) is 17.8. The van der Waals surface area contributed by atoms with E-state index in [4.69, 9.17) is 16.6 Å². The Morgan fingerprint density at radius 2 is 1.33 bits per heavy atom. The normalized spacial score (nSPS) is 11.4. The van der Waals surface area contributed by atoms with Crippen LogP contribution in [0.4, 0.5) is 11.4 Å². The Kier molecular flexibility index (Phi) is 8.41. The molecule has 1 amide bonds. The summed E-state index contributed by atoms with van der Waals surface area (Å²) in [4.78, 5) is 20.1. The zero-order valence-electron chi connectivity index (χ0n) is 13.1. The van der Waals surface area contributed by atoms with Crippen molar-refractivity contribution in [3.05, 3.63) is 60.7 Å². The number of primary amides is 1. The Balaban J connectivity index is 0.000000257. The van der Waals surface area contributed by atoms with Crippen molar-refractivity contribution in [3.8, 4) is 0 Å². The van der Waals surface area contributed by atoms with Crippen LogP contribution < -0.4 is 11.5 Å². The summed E-state index contributed by atoms with van der Waals surface area (Å²) in [6.45, 7) is 0. The molecule has 0 aliphatic heterocycles. The number of carbonyl (C=O) groups excluding carboxylic acids is 1. The van der Waals surface area contributed by atoms with Crippen molar-refractivity contribution in [1.82, 2.24) is 0 Å². The first kappa shape index (κ1) is 19.0. The summed E-state index contributed by atoms with van der Waals surface area (Å²) < 4.78 is 0. The number of hydrogen-bond acceptors (Lipinski definition) is 5. The van der Waals surface area contributed by atoms with Gasteiger partial charge in [-0.15, -0.1) is 0 Å². The van der Waals surface area contributed by atoms with Gasteiger partial charge in [0.2, 0.25) is 5.91 Å². The molecule has 0 saturated carbocycles. The maximum Gasteiger partial charge on any atom is 0.320 e. The smallest absolute Gasteiger partial charge is 0.320 e. The van der Waals surface area contributed by atoms with Crippen LogP contribution in [0.3, 0.4) is 0 Å². The van der Waals surface area contributed by atoms with Gasteiger partial charge in [0.25, 0.3) is 0 Å². The van der Waals surface area contributed by atoms with E-state index in [1.807, 2.05) is 60.7 Å². The molecule has 7 nitrogen and oxygen atoms in total. The maximum absolute atomic E-state index is 10.1. The summed E-state index contributed by atoms with van der Waals surface area (Å²) in [7, 11) is 0. The second-order valence-electron chi connectivity index (χ2n) is 4.82. The fraction of sp³-hybridized carbons (Fsp3) is 0.176. The van der Waals surface area contributed by atoms with Gasteiger partial charge in [-0.2, -0.15) is 10.2 Å². The molecule has 0 aliphatic rings. The number of benzene rings is 2. The second-order valence-corrected chi connectivity index (χ2v) is 4.82. The lowest BCUT2D eigenvalue weighted by atomic mass is 10.2. The predicted octanol–water partition coefficient (Wildman–Crippen LogP) is 2.77. The topological polar surface area (TPSA) is 131 Å². The minimum absolute atomic E-state index is 0.0213. The van der Waals surface area contributed by atoms with Gasteiger partial charge in [-0.05, 0) is 30.7 Å². The first-order valence-corrected chi connectivity index (χ1v) is 7.27. The van der Waals surface area contributed by atoms with Crippen LogP contribution in [-0.4, -0.2) is 23.0 Å². The molecule has 0 fully saturated rings. The largest absolute Gasteiger partial charge is 0.480 e. The van der Waals surface area contributed by atoms with E-state index in [1.165, 1.54) is 0 Å². The third-order valence-electron chi connectivity index (χ3n) is 2.81. The summed E-state index contributed by atoms with van der Waals surface area (Å²) >= 11 is 0. The van der Waals surface area contributed by atoms with Crippen molar-refractivity contribution >= 4 is 23.3 Å². The van der Waals surface area contributed by atoms with Crippen molar-refractivity contribution in [2.24, 2.45) is 21.7 Å². The summed E-state index contributed by atoms with van der Waals surface area (Å²) in [5.74, 6) is -1.64. The van der Waals surface area contributed by atoms with Crippen LogP contribution >= 0.6 is 0 Å². The van der Waals surface area contributed by atoms with Crippen LogP contribution in [0.25, 0.3) is 0 Å². The number of carbonyl (C=O) groups is 2. The highest BCUT2D eigenvalue weighted by molar-refractivity contribution is 5.76. The molecule has 126 valence electrons. The number of hydrogen-bond donors (Lipinski definition) is 3. The minimum atomic E-state index is -1.11. The fourth-order valence-corrected chi connectivity index (χ4v) is 1.53. The zero-order valence-corrected chi connectivity index (χ0v) is 13.1. The number of carboxylic acid groups (broad SMARTS) is 1. The number of aliphatic carboxylic acids is 1. The molecule has 0 bridgehead atoms. The van der Waals surface area contributed by atoms with Gasteiger partial charge in [-0.3, -0.25) is 9.59 Å². The number of nitrogens with two attached hydrogens (primary N) is 2. The Morgan fingerprint density at radius 1 is 0.917 bits per heavy atom. The summed E-state index contributed by atoms with van der Waals surface area (Å²) in [6, 6.07) is 18.4. The Labute approximate surface area is 140 Å². The van der Waals surface area contributed by atoms with Gasteiger partial charge in [-0.1, -0.05) is 36.4 Å². The SMILES string of the molecule is NC(=O)CCC(N)C(=O)O.c1ccc(N=Nc2ccccc2)cc1. The lowest BCUT2D eigenvalue weighted by Crippen LogP contribution is -2.31. The molecule has 0 spiro atoms. The third-order valence-corrected chi connectivity index (χ3v) is 2.81. The highest BCUT2D eigenvalue weighted by Crippen LogP contribution is 2.16. The molecule has 2 aromatic rings. The van der Waals surface area contributed by atoms with E-state index in [-0.39, 0.29) is 12.8 Å². The molecule has 2 aromatic carbocycles. The second kappa shape index (κ2) is 10.6. The summed E-state index contributed by atoms with van der Waals surface area (Å²) in [5.41, 5.74) is 11.6. The number of nitrogens with zero attached hydrogens (tertiary/aromatic N) is 2. The van der Waals surface area contributed by atoms with Crippen molar-refractivity contribution in [2.75, 3.05) is 0 Å². The van der Waals surface area contributed by atoms with Gasteiger partial charge in [0.1, 0.15) is 6.04 Å². The molecule has 2 rings (SSSR count). The van der Waals surface area contributed by atoms with Crippen LogP contribution in [-0.2, 0) is 9.59 Å². The number of rotatable bonds is 6. The van der Waals surface area contributed by atoms with Crippen LogP contribution in [0.2, 0.25) is 0 Å². The molecule has 0 heterocycles. The summed E-state index contributed by atoms with van der Waals surface area (Å²) in [5, 5.41) is 16.4. The Morgan fingerprint density at radius 3 is 1.67 bits per heavy atom. The Bertz CT molecular complexity index is 619. The molecule has 0 aliphatic carbocycles. The van der Waals surface area contributed by atoms with E-state index in [0.29, 0.717) is 0 Å². The molecule has 0 saturated heterocycles. The number of amides is 1. The molecule has 24 heavy (non-hydrogen) atoms. The van der Waals surface area contributed by atoms with Gasteiger partial charge in [0.05, 0.1) is 11.4 Å². The third kappa shape index (κ3) is 8.40. The quantitative estimate of drug-likeness (QED) is 0.703. The van der Waals surface area contributed by atoms with Gasteiger partial charge in [-0.25, -0.2) is 0 Å². The van der Waals surface area contributed by atoms with E-state index in [1.54, 1.807) is 0 Å². The lowest BCUT2D eigenvalue weighted by Gasteiger charge is -2.01. The maximum atomic E-state index is 10.1. The van der Waals surface area contributed by atoms with Gasteiger partial charge >= 0.3 is 5.97 Å². The predicted molar refractivity (Wildman–Crippen MR) is 91.1 cm³/mol. The van der Waals surface area contributed by atoms with E-state index in [9.17, 15) is 9.59 Å². The molecule has 7 heteroatoms. The highest BCUT2D eigenvalue weighted by Gasteiger charge is 2.11. The number of azo groups is 1. The van der Waals surface area contributed by atoms with Gasteiger partial charge in [0, 0.05) is 6.42 Å². The van der Waals surface area contributed by atoms with Crippen molar-refractivity contribution in [3.63, 3.8) is 0 Å². The first-order chi connectivity index (χ1) is 11.5. The highest BCUT2D eigenvalue weighted by atomic mass is 16.4. The first-order valence-electron chi connectivity index (χ1n) is 7.27. The minimum Gasteiger partial charge on any atom is -0.480 e. The van der Waals surface area contributed by atoms with E-state index >= 15 is 0 Å². The van der Waals surface area contributed by atoms with E-state index in [2.05, 4.69) is 10.2 Å². The average molecular weight is 328 g/mol. The van der Waals surface area contributed by atoms with Crippen molar-refractivity contribution in [1.29, 1.82) is 0 Å². The fourth-order valence-electron chi connectivity index (χ4n) is 1.53. The molecular formula is C17H20N4O3. The van der Waals surface area contributed by atoms with Gasteiger partial charge < -0.3 is 16.6 Å². The number of carboxylic acids is 1. The monoisotopic (exact) mass is 328 g/mol.